The third-order valence-electron chi connectivity index (χ3n) is 4.89. The van der Waals surface area contributed by atoms with Gasteiger partial charge in [0, 0.05) is 24.9 Å². The van der Waals surface area contributed by atoms with Gasteiger partial charge in [0.2, 0.25) is 0 Å². The van der Waals surface area contributed by atoms with Gasteiger partial charge in [0.05, 0.1) is 5.60 Å². The van der Waals surface area contributed by atoms with Gasteiger partial charge in [-0.15, -0.1) is 0 Å². The van der Waals surface area contributed by atoms with E-state index in [1.165, 1.54) is 56.5 Å². The smallest absolute Gasteiger partial charge is 0.0795 e. The highest BCUT2D eigenvalue weighted by Gasteiger charge is 2.40. The van der Waals surface area contributed by atoms with E-state index in [1.807, 2.05) is 0 Å². The van der Waals surface area contributed by atoms with Crippen LogP contribution >= 0.6 is 11.8 Å². The van der Waals surface area contributed by atoms with Crippen LogP contribution in [0.3, 0.4) is 0 Å². The lowest BCUT2D eigenvalue weighted by atomic mass is 9.85. The summed E-state index contributed by atoms with van der Waals surface area (Å²) in [7, 11) is 0. The summed E-state index contributed by atoms with van der Waals surface area (Å²) in [6, 6.07) is 0.674. The highest BCUT2D eigenvalue weighted by molar-refractivity contribution is 7.99. The molecule has 1 spiro atoms. The van der Waals surface area contributed by atoms with Crippen molar-refractivity contribution in [3.63, 3.8) is 0 Å². The molecule has 2 atom stereocenters. The van der Waals surface area contributed by atoms with Gasteiger partial charge in [-0.2, -0.15) is 11.8 Å². The van der Waals surface area contributed by atoms with Crippen molar-refractivity contribution in [2.75, 3.05) is 24.7 Å². The second-order valence-corrected chi connectivity index (χ2v) is 8.63. The molecule has 118 valence electrons. The largest absolute Gasteiger partial charge is 0.374 e. The first-order chi connectivity index (χ1) is 9.55. The molecular weight excluding hydrogens is 266 g/mol. The van der Waals surface area contributed by atoms with Crippen LogP contribution in [0, 0.1) is 5.41 Å². The number of unbranched alkanes of at least 4 members (excludes halogenated alkanes) is 2. The standard InChI is InChI=1S/C17H33NOS/c1-4-5-6-8-16(2,3)13-18-15-7-10-19-17(12-15)9-11-20-14-17/h15,18H,4-14H2,1-3H3. The van der Waals surface area contributed by atoms with Crippen LogP contribution in [0.5, 0.6) is 0 Å². The van der Waals surface area contributed by atoms with Gasteiger partial charge in [0.1, 0.15) is 0 Å². The Bertz CT molecular complexity index is 287. The van der Waals surface area contributed by atoms with E-state index in [4.69, 9.17) is 4.74 Å². The fraction of sp³-hybridized carbons (Fsp3) is 1.00. The van der Waals surface area contributed by atoms with Gasteiger partial charge < -0.3 is 10.1 Å². The molecule has 0 radical (unpaired) electrons. The van der Waals surface area contributed by atoms with Crippen molar-refractivity contribution in [3.8, 4) is 0 Å². The summed E-state index contributed by atoms with van der Waals surface area (Å²) in [5.41, 5.74) is 0.651. The number of rotatable bonds is 7. The molecule has 1 N–H and O–H groups in total. The van der Waals surface area contributed by atoms with Gasteiger partial charge in [-0.05, 0) is 36.9 Å². The number of nitrogens with one attached hydrogen (secondary N) is 1. The molecule has 2 unspecified atom stereocenters. The van der Waals surface area contributed by atoms with Crippen LogP contribution in [0.2, 0.25) is 0 Å². The molecule has 3 heteroatoms. The number of ether oxygens (including phenoxy) is 1. The minimum absolute atomic E-state index is 0.215. The predicted octanol–water partition coefficient (Wildman–Crippen LogP) is 4.24. The molecule has 0 aromatic rings. The molecule has 2 aliphatic heterocycles. The Balaban J connectivity index is 1.72. The van der Waals surface area contributed by atoms with Gasteiger partial charge >= 0.3 is 0 Å². The van der Waals surface area contributed by atoms with Crippen LogP contribution in [0.4, 0.5) is 0 Å². The van der Waals surface area contributed by atoms with Crippen molar-refractivity contribution in [2.24, 2.45) is 5.41 Å². The molecular formula is C17H33NOS. The van der Waals surface area contributed by atoms with E-state index >= 15 is 0 Å². The van der Waals surface area contributed by atoms with E-state index in [9.17, 15) is 0 Å². The summed E-state index contributed by atoms with van der Waals surface area (Å²) < 4.78 is 6.11. The maximum atomic E-state index is 6.11. The quantitative estimate of drug-likeness (QED) is 0.711. The molecule has 20 heavy (non-hydrogen) atoms. The van der Waals surface area contributed by atoms with E-state index in [-0.39, 0.29) is 5.60 Å². The van der Waals surface area contributed by atoms with E-state index in [0.29, 0.717) is 11.5 Å². The van der Waals surface area contributed by atoms with Crippen molar-refractivity contribution in [3.05, 3.63) is 0 Å². The second kappa shape index (κ2) is 7.51. The third kappa shape index (κ3) is 4.92. The van der Waals surface area contributed by atoms with Crippen LogP contribution in [0.25, 0.3) is 0 Å². The van der Waals surface area contributed by atoms with Crippen LogP contribution < -0.4 is 5.32 Å². The average Bonchev–Trinajstić information content (AvgIpc) is 2.85. The van der Waals surface area contributed by atoms with E-state index in [2.05, 4.69) is 37.8 Å². The summed E-state index contributed by atoms with van der Waals surface area (Å²) in [6.45, 7) is 9.22. The highest BCUT2D eigenvalue weighted by atomic mass is 32.2. The lowest BCUT2D eigenvalue weighted by Gasteiger charge is -2.39. The summed E-state index contributed by atoms with van der Waals surface area (Å²) in [4.78, 5) is 0. The van der Waals surface area contributed by atoms with Crippen LogP contribution in [-0.4, -0.2) is 36.3 Å². The molecule has 0 aromatic carbocycles. The van der Waals surface area contributed by atoms with Crippen LogP contribution in [0.1, 0.15) is 65.7 Å². The molecule has 2 nitrogen and oxygen atoms in total. The molecule has 2 heterocycles. The van der Waals surface area contributed by atoms with E-state index < -0.39 is 0 Å². The third-order valence-corrected chi connectivity index (χ3v) is 6.11. The predicted molar refractivity (Wildman–Crippen MR) is 89.6 cm³/mol. The van der Waals surface area contributed by atoms with Crippen LogP contribution in [-0.2, 0) is 4.74 Å². The Kier molecular flexibility index (Phi) is 6.25. The molecule has 2 fully saturated rings. The SMILES string of the molecule is CCCCCC(C)(C)CNC1CCOC2(CCSC2)C1. The average molecular weight is 300 g/mol. The van der Waals surface area contributed by atoms with E-state index in [0.717, 1.165) is 13.2 Å². The fourth-order valence-corrected chi connectivity index (χ4v) is 4.81. The van der Waals surface area contributed by atoms with Crippen molar-refractivity contribution in [2.45, 2.75) is 77.4 Å². The normalized spacial score (nSPS) is 31.1. The molecule has 0 saturated carbocycles. The van der Waals surface area contributed by atoms with Gasteiger partial charge in [0.15, 0.2) is 0 Å². The van der Waals surface area contributed by atoms with E-state index in [1.54, 1.807) is 0 Å². The van der Waals surface area contributed by atoms with Crippen LogP contribution in [0.15, 0.2) is 0 Å². The van der Waals surface area contributed by atoms with Crippen molar-refractivity contribution < 1.29 is 4.74 Å². The first-order valence-electron chi connectivity index (χ1n) is 8.50. The Morgan fingerprint density at radius 2 is 2.20 bits per heavy atom. The maximum Gasteiger partial charge on any atom is 0.0795 e. The minimum Gasteiger partial charge on any atom is -0.374 e. The zero-order valence-corrected chi connectivity index (χ0v) is 14.5. The molecule has 0 aliphatic carbocycles. The molecule has 2 saturated heterocycles. The van der Waals surface area contributed by atoms with Crippen molar-refractivity contribution in [1.82, 2.24) is 5.32 Å². The lowest BCUT2D eigenvalue weighted by molar-refractivity contribution is -0.0709. The molecule has 0 aromatic heterocycles. The Morgan fingerprint density at radius 1 is 1.35 bits per heavy atom. The Hall–Kier alpha value is 0.270. The monoisotopic (exact) mass is 299 g/mol. The van der Waals surface area contributed by atoms with Crippen molar-refractivity contribution >= 4 is 11.8 Å². The summed E-state index contributed by atoms with van der Waals surface area (Å²) in [5.74, 6) is 2.50. The maximum absolute atomic E-state index is 6.11. The fourth-order valence-electron chi connectivity index (χ4n) is 3.43. The first kappa shape index (κ1) is 16.6. The molecule has 0 bridgehead atoms. The summed E-state index contributed by atoms with van der Waals surface area (Å²) in [6.07, 6.45) is 9.10. The topological polar surface area (TPSA) is 21.3 Å². The van der Waals surface area contributed by atoms with Crippen molar-refractivity contribution in [1.29, 1.82) is 0 Å². The Labute approximate surface area is 129 Å². The summed E-state index contributed by atoms with van der Waals surface area (Å²) in [5, 5.41) is 3.85. The minimum atomic E-state index is 0.215. The number of hydrogen-bond donors (Lipinski definition) is 1. The summed E-state index contributed by atoms with van der Waals surface area (Å²) >= 11 is 2.07. The molecule has 2 aliphatic rings. The number of hydrogen-bond acceptors (Lipinski definition) is 3. The zero-order chi connectivity index (χ0) is 14.5. The zero-order valence-electron chi connectivity index (χ0n) is 13.7. The number of thioether (sulfide) groups is 1. The molecule has 0 amide bonds. The molecule has 2 rings (SSSR count). The first-order valence-corrected chi connectivity index (χ1v) is 9.66. The van der Waals surface area contributed by atoms with Gasteiger partial charge in [0.25, 0.3) is 0 Å². The lowest BCUT2D eigenvalue weighted by Crippen LogP contribution is -2.49. The van der Waals surface area contributed by atoms with Gasteiger partial charge in [-0.25, -0.2) is 0 Å². The van der Waals surface area contributed by atoms with Gasteiger partial charge in [-0.3, -0.25) is 0 Å². The highest BCUT2D eigenvalue weighted by Crippen LogP contribution is 2.38. The van der Waals surface area contributed by atoms with Gasteiger partial charge in [-0.1, -0.05) is 40.0 Å². The Morgan fingerprint density at radius 3 is 2.90 bits per heavy atom. The second-order valence-electron chi connectivity index (χ2n) is 7.53.